The summed E-state index contributed by atoms with van der Waals surface area (Å²) in [5, 5.41) is 7.51. The highest BCUT2D eigenvalue weighted by Gasteiger charge is 2.11. The SMILES string of the molecule is Nc1cnc(-c2ccnnc2)cc1-c1cccnc1F. The molecule has 0 fully saturated rings. The van der Waals surface area contributed by atoms with E-state index >= 15 is 0 Å². The van der Waals surface area contributed by atoms with E-state index < -0.39 is 5.95 Å². The van der Waals surface area contributed by atoms with Gasteiger partial charge >= 0.3 is 0 Å². The number of nitrogens with two attached hydrogens (primary N) is 1. The maximum atomic E-state index is 13.8. The molecular weight excluding hydrogens is 257 g/mol. The minimum absolute atomic E-state index is 0.343. The number of pyridine rings is 2. The molecule has 0 spiro atoms. The fourth-order valence-corrected chi connectivity index (χ4v) is 1.89. The van der Waals surface area contributed by atoms with Gasteiger partial charge < -0.3 is 5.73 Å². The molecule has 98 valence electrons. The van der Waals surface area contributed by atoms with Crippen LogP contribution in [-0.4, -0.2) is 20.2 Å². The summed E-state index contributed by atoms with van der Waals surface area (Å²) < 4.78 is 13.8. The van der Waals surface area contributed by atoms with Crippen LogP contribution in [0.5, 0.6) is 0 Å². The number of nitrogen functional groups attached to an aromatic ring is 1. The van der Waals surface area contributed by atoms with E-state index in [1.807, 2.05) is 0 Å². The van der Waals surface area contributed by atoms with Crippen LogP contribution in [0.1, 0.15) is 0 Å². The van der Waals surface area contributed by atoms with Crippen LogP contribution >= 0.6 is 0 Å². The number of hydrogen-bond acceptors (Lipinski definition) is 5. The first kappa shape index (κ1) is 12.2. The number of halogens is 1. The van der Waals surface area contributed by atoms with Crippen molar-refractivity contribution >= 4 is 5.69 Å². The lowest BCUT2D eigenvalue weighted by atomic mass is 10.0. The van der Waals surface area contributed by atoms with Gasteiger partial charge in [0.15, 0.2) is 0 Å². The average molecular weight is 267 g/mol. The Labute approximate surface area is 114 Å². The van der Waals surface area contributed by atoms with Gasteiger partial charge in [0, 0.05) is 22.9 Å². The molecule has 0 aromatic carbocycles. The van der Waals surface area contributed by atoms with Crippen molar-refractivity contribution < 1.29 is 4.39 Å². The van der Waals surface area contributed by atoms with Crippen LogP contribution < -0.4 is 5.73 Å². The number of anilines is 1. The topological polar surface area (TPSA) is 77.6 Å². The summed E-state index contributed by atoms with van der Waals surface area (Å²) in [6.45, 7) is 0. The lowest BCUT2D eigenvalue weighted by molar-refractivity contribution is 0.587. The van der Waals surface area contributed by atoms with Gasteiger partial charge in [-0.1, -0.05) is 0 Å². The van der Waals surface area contributed by atoms with Crippen molar-refractivity contribution in [2.75, 3.05) is 5.73 Å². The maximum absolute atomic E-state index is 13.8. The highest BCUT2D eigenvalue weighted by atomic mass is 19.1. The Morgan fingerprint density at radius 1 is 0.950 bits per heavy atom. The summed E-state index contributed by atoms with van der Waals surface area (Å²) in [5.74, 6) is -0.566. The Bertz CT molecular complexity index is 746. The zero-order valence-electron chi connectivity index (χ0n) is 10.4. The largest absolute Gasteiger partial charge is 0.397 e. The van der Waals surface area contributed by atoms with Gasteiger partial charge in [-0.2, -0.15) is 14.6 Å². The first-order chi connectivity index (χ1) is 9.75. The fourth-order valence-electron chi connectivity index (χ4n) is 1.89. The molecule has 0 unspecified atom stereocenters. The molecule has 0 aliphatic heterocycles. The van der Waals surface area contributed by atoms with Gasteiger partial charge in [0.25, 0.3) is 0 Å². The van der Waals surface area contributed by atoms with E-state index in [0.29, 0.717) is 22.5 Å². The zero-order chi connectivity index (χ0) is 13.9. The molecule has 0 atom stereocenters. The molecule has 0 saturated carbocycles. The molecule has 3 aromatic rings. The lowest BCUT2D eigenvalue weighted by Crippen LogP contribution is -1.96. The zero-order valence-corrected chi connectivity index (χ0v) is 10.4. The molecule has 0 aliphatic rings. The monoisotopic (exact) mass is 267 g/mol. The molecule has 2 N–H and O–H groups in total. The average Bonchev–Trinajstić information content (AvgIpc) is 2.49. The Balaban J connectivity index is 2.15. The van der Waals surface area contributed by atoms with Crippen LogP contribution in [0.4, 0.5) is 10.1 Å². The van der Waals surface area contributed by atoms with Gasteiger partial charge in [0.1, 0.15) is 0 Å². The Kier molecular flexibility index (Phi) is 3.04. The van der Waals surface area contributed by atoms with Gasteiger partial charge in [-0.3, -0.25) is 4.98 Å². The summed E-state index contributed by atoms with van der Waals surface area (Å²) in [6, 6.07) is 6.77. The molecule has 20 heavy (non-hydrogen) atoms. The van der Waals surface area contributed by atoms with Crippen molar-refractivity contribution in [3.63, 3.8) is 0 Å². The third kappa shape index (κ3) is 2.18. The van der Waals surface area contributed by atoms with E-state index in [9.17, 15) is 4.39 Å². The molecule has 0 saturated heterocycles. The summed E-state index contributed by atoms with van der Waals surface area (Å²) in [4.78, 5) is 7.86. The van der Waals surface area contributed by atoms with Crippen LogP contribution in [0.25, 0.3) is 22.4 Å². The number of nitrogens with zero attached hydrogens (tertiary/aromatic N) is 4. The summed E-state index contributed by atoms with van der Waals surface area (Å²) >= 11 is 0. The second-order valence-corrected chi connectivity index (χ2v) is 4.13. The first-order valence-electron chi connectivity index (χ1n) is 5.89. The van der Waals surface area contributed by atoms with Crippen LogP contribution in [-0.2, 0) is 0 Å². The highest BCUT2D eigenvalue weighted by molar-refractivity contribution is 5.79. The van der Waals surface area contributed by atoms with Gasteiger partial charge in [0.05, 0.1) is 30.0 Å². The normalized spacial score (nSPS) is 10.4. The fraction of sp³-hybridized carbons (Fsp3) is 0. The molecule has 3 aromatic heterocycles. The predicted molar refractivity (Wildman–Crippen MR) is 72.9 cm³/mol. The molecule has 3 rings (SSSR count). The van der Waals surface area contributed by atoms with Crippen molar-refractivity contribution in [1.82, 2.24) is 20.2 Å². The first-order valence-corrected chi connectivity index (χ1v) is 5.89. The van der Waals surface area contributed by atoms with Gasteiger partial charge in [0.2, 0.25) is 5.95 Å². The van der Waals surface area contributed by atoms with Crippen LogP contribution in [0.3, 0.4) is 0 Å². The van der Waals surface area contributed by atoms with E-state index in [2.05, 4.69) is 20.2 Å². The molecule has 3 heterocycles. The van der Waals surface area contributed by atoms with Crippen LogP contribution in [0.15, 0.2) is 49.1 Å². The third-order valence-electron chi connectivity index (χ3n) is 2.86. The Hall–Kier alpha value is -2.89. The van der Waals surface area contributed by atoms with Crippen molar-refractivity contribution in [3.05, 3.63) is 55.0 Å². The quantitative estimate of drug-likeness (QED) is 0.721. The van der Waals surface area contributed by atoms with Crippen LogP contribution in [0, 0.1) is 5.95 Å². The summed E-state index contributed by atoms with van der Waals surface area (Å²) in [5.41, 5.74) is 8.60. The van der Waals surface area contributed by atoms with Gasteiger partial charge in [-0.25, -0.2) is 4.98 Å². The maximum Gasteiger partial charge on any atom is 0.220 e. The van der Waals surface area contributed by atoms with Gasteiger partial charge in [-0.05, 0) is 24.3 Å². The van der Waals surface area contributed by atoms with Crippen molar-refractivity contribution in [1.29, 1.82) is 0 Å². The smallest absolute Gasteiger partial charge is 0.220 e. The van der Waals surface area contributed by atoms with Crippen LogP contribution in [0.2, 0.25) is 0 Å². The van der Waals surface area contributed by atoms with E-state index in [0.717, 1.165) is 5.56 Å². The highest BCUT2D eigenvalue weighted by Crippen LogP contribution is 2.30. The number of hydrogen-bond donors (Lipinski definition) is 1. The van der Waals surface area contributed by atoms with Gasteiger partial charge in [-0.15, -0.1) is 0 Å². The number of aromatic nitrogens is 4. The van der Waals surface area contributed by atoms with Crippen molar-refractivity contribution in [2.45, 2.75) is 0 Å². The second kappa shape index (κ2) is 5.00. The third-order valence-corrected chi connectivity index (χ3v) is 2.86. The van der Waals surface area contributed by atoms with E-state index in [1.165, 1.54) is 12.4 Å². The van der Waals surface area contributed by atoms with E-state index in [1.54, 1.807) is 36.7 Å². The molecule has 0 amide bonds. The summed E-state index contributed by atoms with van der Waals surface area (Å²) in [6.07, 6.45) is 6.04. The predicted octanol–water partition coefficient (Wildman–Crippen LogP) is 2.32. The second-order valence-electron chi connectivity index (χ2n) is 4.13. The molecule has 0 radical (unpaired) electrons. The minimum atomic E-state index is -0.566. The molecule has 0 bridgehead atoms. The van der Waals surface area contributed by atoms with Crippen molar-refractivity contribution in [3.8, 4) is 22.4 Å². The van der Waals surface area contributed by atoms with Crippen molar-refractivity contribution in [2.24, 2.45) is 0 Å². The lowest BCUT2D eigenvalue weighted by Gasteiger charge is -2.08. The molecule has 0 aliphatic carbocycles. The molecular formula is C14H10FN5. The minimum Gasteiger partial charge on any atom is -0.397 e. The Morgan fingerprint density at radius 2 is 1.85 bits per heavy atom. The summed E-state index contributed by atoms with van der Waals surface area (Å²) in [7, 11) is 0. The molecule has 6 heteroatoms. The Morgan fingerprint density at radius 3 is 2.60 bits per heavy atom. The van der Waals surface area contributed by atoms with E-state index in [-0.39, 0.29) is 0 Å². The standard InChI is InChI=1S/C14H10FN5/c15-14-10(2-1-4-17-14)11-6-13(18-8-12(11)16)9-3-5-19-20-7-9/h1-8H,16H2. The molecule has 5 nitrogen and oxygen atoms in total. The van der Waals surface area contributed by atoms with E-state index in [4.69, 9.17) is 5.73 Å². The number of rotatable bonds is 2.